The molecule has 1 aromatic rings. The lowest BCUT2D eigenvalue weighted by Gasteiger charge is -2.37. The normalized spacial score (nSPS) is 24.0. The molecule has 3 heterocycles. The van der Waals surface area contributed by atoms with Gasteiger partial charge in [0.1, 0.15) is 6.10 Å². The topological polar surface area (TPSA) is 59.0 Å². The van der Waals surface area contributed by atoms with E-state index in [0.717, 1.165) is 63.8 Å². The predicted octanol–water partition coefficient (Wildman–Crippen LogP) is 2.88. The Hall–Kier alpha value is -0.450. The van der Waals surface area contributed by atoms with Gasteiger partial charge < -0.3 is 19.7 Å². The lowest BCUT2D eigenvalue weighted by Crippen LogP contribution is -2.53. The van der Waals surface area contributed by atoms with Crippen molar-refractivity contribution in [2.75, 3.05) is 39.9 Å². The molecule has 8 heteroatoms. The molecule has 2 saturated heterocycles. The van der Waals surface area contributed by atoms with E-state index in [9.17, 15) is 0 Å². The number of thiazole rings is 1. The minimum Gasteiger partial charge on any atom is -0.375 e. The zero-order valence-corrected chi connectivity index (χ0v) is 19.1. The van der Waals surface area contributed by atoms with Gasteiger partial charge in [0.25, 0.3) is 0 Å². The van der Waals surface area contributed by atoms with Crippen LogP contribution in [0.3, 0.4) is 0 Å². The summed E-state index contributed by atoms with van der Waals surface area (Å²) in [4.78, 5) is 11.4. The van der Waals surface area contributed by atoms with E-state index < -0.39 is 0 Å². The molecule has 0 spiro atoms. The van der Waals surface area contributed by atoms with Crippen molar-refractivity contribution in [3.63, 3.8) is 0 Å². The number of nitrogens with zero attached hydrogens (tertiary/aromatic N) is 3. The molecular weight excluding hydrogens is 463 g/mol. The highest BCUT2D eigenvalue weighted by Crippen LogP contribution is 2.21. The Kier molecular flexibility index (Phi) is 9.05. The third-order valence-corrected chi connectivity index (χ3v) is 5.91. The first-order valence-corrected chi connectivity index (χ1v) is 10.2. The summed E-state index contributed by atoms with van der Waals surface area (Å²) in [5.41, 5.74) is 1.16. The van der Waals surface area contributed by atoms with Gasteiger partial charge in [0.2, 0.25) is 0 Å². The number of hydrogen-bond donors (Lipinski definition) is 1. The summed E-state index contributed by atoms with van der Waals surface area (Å²) in [6.07, 6.45) is 3.56. The van der Waals surface area contributed by atoms with Gasteiger partial charge in [-0.1, -0.05) is 13.8 Å². The van der Waals surface area contributed by atoms with E-state index in [2.05, 4.69) is 34.4 Å². The predicted molar refractivity (Wildman–Crippen MR) is 117 cm³/mol. The van der Waals surface area contributed by atoms with Gasteiger partial charge in [-0.05, 0) is 12.8 Å². The van der Waals surface area contributed by atoms with Crippen LogP contribution in [-0.4, -0.2) is 67.9 Å². The largest absolute Gasteiger partial charge is 0.375 e. The van der Waals surface area contributed by atoms with Crippen LogP contribution in [-0.2, 0) is 15.9 Å². The summed E-state index contributed by atoms with van der Waals surface area (Å²) in [5.74, 6) is 1.45. The maximum absolute atomic E-state index is 5.93. The summed E-state index contributed by atoms with van der Waals surface area (Å²) >= 11 is 1.75. The van der Waals surface area contributed by atoms with Gasteiger partial charge in [0.05, 0.1) is 23.4 Å². The Morgan fingerprint density at radius 2 is 2.19 bits per heavy atom. The molecule has 0 bridgehead atoms. The summed E-state index contributed by atoms with van der Waals surface area (Å²) < 4.78 is 11.7. The number of morpholine rings is 1. The number of aromatic nitrogens is 1. The van der Waals surface area contributed by atoms with Crippen LogP contribution in [0.1, 0.15) is 43.3 Å². The van der Waals surface area contributed by atoms with Crippen LogP contribution in [0.5, 0.6) is 0 Å². The van der Waals surface area contributed by atoms with Gasteiger partial charge in [0.15, 0.2) is 5.96 Å². The molecule has 148 valence electrons. The van der Waals surface area contributed by atoms with E-state index in [1.807, 2.05) is 7.05 Å². The molecule has 2 aliphatic rings. The van der Waals surface area contributed by atoms with Crippen molar-refractivity contribution < 1.29 is 9.47 Å². The van der Waals surface area contributed by atoms with Crippen LogP contribution >= 0.6 is 35.3 Å². The van der Waals surface area contributed by atoms with Crippen LogP contribution < -0.4 is 5.32 Å². The molecule has 3 rings (SSSR count). The van der Waals surface area contributed by atoms with Crippen LogP contribution in [0.4, 0.5) is 0 Å². The van der Waals surface area contributed by atoms with Gasteiger partial charge in [-0.25, -0.2) is 4.98 Å². The fraction of sp³-hybridized carbons (Fsp3) is 0.778. The standard InChI is InChI=1S/C18H30N4O2S.HI/c1-13(2)17-21-14(12-25-17)6-7-20-18(19-3)22-8-10-24-16(11-22)15-5-4-9-23-15;/h12-13,15-16H,4-11H2,1-3H3,(H,19,20);1H. The maximum atomic E-state index is 5.93. The number of rotatable bonds is 5. The van der Waals surface area contributed by atoms with Gasteiger partial charge in [-0.2, -0.15) is 0 Å². The molecule has 2 atom stereocenters. The van der Waals surface area contributed by atoms with E-state index in [4.69, 9.17) is 14.5 Å². The van der Waals surface area contributed by atoms with Crippen LogP contribution in [0.15, 0.2) is 10.4 Å². The summed E-state index contributed by atoms with van der Waals surface area (Å²) in [6.45, 7) is 8.53. The lowest BCUT2D eigenvalue weighted by molar-refractivity contribution is -0.0816. The maximum Gasteiger partial charge on any atom is 0.193 e. The molecule has 1 aromatic heterocycles. The van der Waals surface area contributed by atoms with E-state index in [1.165, 1.54) is 5.01 Å². The van der Waals surface area contributed by atoms with E-state index >= 15 is 0 Å². The van der Waals surface area contributed by atoms with Crippen LogP contribution in [0, 0.1) is 0 Å². The SMILES string of the molecule is CN=C(NCCc1csc(C(C)C)n1)N1CCOC(C2CCCO2)C1.I. The molecule has 1 N–H and O–H groups in total. The molecule has 0 amide bonds. The second-order valence-corrected chi connectivity index (χ2v) is 7.85. The molecule has 2 fully saturated rings. The Balaban J connectivity index is 0.00000243. The van der Waals surface area contributed by atoms with Crippen molar-refractivity contribution in [1.29, 1.82) is 0 Å². The molecule has 0 radical (unpaired) electrons. The first kappa shape index (κ1) is 21.8. The number of hydrogen-bond acceptors (Lipinski definition) is 5. The van der Waals surface area contributed by atoms with E-state index in [0.29, 0.717) is 5.92 Å². The number of ether oxygens (including phenoxy) is 2. The highest BCUT2D eigenvalue weighted by Gasteiger charge is 2.32. The molecule has 2 unspecified atom stereocenters. The summed E-state index contributed by atoms with van der Waals surface area (Å²) in [5, 5.41) is 6.86. The van der Waals surface area contributed by atoms with Crippen molar-refractivity contribution in [2.45, 2.75) is 51.2 Å². The van der Waals surface area contributed by atoms with E-state index in [1.54, 1.807) is 11.3 Å². The number of guanidine groups is 1. The molecule has 6 nitrogen and oxygen atoms in total. The number of halogens is 1. The molecular formula is C18H31IN4O2S. The van der Waals surface area contributed by atoms with Gasteiger partial charge in [0, 0.05) is 51.0 Å². The average molecular weight is 494 g/mol. The minimum absolute atomic E-state index is 0. The Bertz CT molecular complexity index is 575. The third-order valence-electron chi connectivity index (χ3n) is 4.71. The molecule has 0 saturated carbocycles. The monoisotopic (exact) mass is 494 g/mol. The number of aliphatic imine (C=N–C) groups is 1. The highest BCUT2D eigenvalue weighted by molar-refractivity contribution is 14.0. The Morgan fingerprint density at radius 1 is 1.38 bits per heavy atom. The summed E-state index contributed by atoms with van der Waals surface area (Å²) in [7, 11) is 1.85. The molecule has 0 aromatic carbocycles. The zero-order chi connectivity index (χ0) is 17.6. The summed E-state index contributed by atoms with van der Waals surface area (Å²) in [6, 6.07) is 0. The van der Waals surface area contributed by atoms with Gasteiger partial charge in [-0.15, -0.1) is 35.3 Å². The fourth-order valence-electron chi connectivity index (χ4n) is 3.33. The van der Waals surface area contributed by atoms with Crippen molar-refractivity contribution in [3.8, 4) is 0 Å². The second-order valence-electron chi connectivity index (χ2n) is 6.96. The smallest absolute Gasteiger partial charge is 0.193 e. The van der Waals surface area contributed by atoms with Crippen molar-refractivity contribution in [3.05, 3.63) is 16.1 Å². The molecule has 0 aliphatic carbocycles. The molecule has 2 aliphatic heterocycles. The van der Waals surface area contributed by atoms with Crippen molar-refractivity contribution >= 4 is 41.3 Å². The van der Waals surface area contributed by atoms with Crippen LogP contribution in [0.2, 0.25) is 0 Å². The van der Waals surface area contributed by atoms with Gasteiger partial charge in [-0.3, -0.25) is 4.99 Å². The lowest BCUT2D eigenvalue weighted by atomic mass is 10.1. The Morgan fingerprint density at radius 3 is 2.85 bits per heavy atom. The van der Waals surface area contributed by atoms with Crippen molar-refractivity contribution in [2.24, 2.45) is 4.99 Å². The van der Waals surface area contributed by atoms with Crippen LogP contribution in [0.25, 0.3) is 0 Å². The van der Waals surface area contributed by atoms with Crippen molar-refractivity contribution in [1.82, 2.24) is 15.2 Å². The Labute approximate surface area is 177 Å². The third kappa shape index (κ3) is 5.77. The zero-order valence-electron chi connectivity index (χ0n) is 15.9. The minimum atomic E-state index is 0. The van der Waals surface area contributed by atoms with E-state index in [-0.39, 0.29) is 36.2 Å². The number of nitrogens with one attached hydrogen (secondary N) is 1. The quantitative estimate of drug-likeness (QED) is 0.388. The highest BCUT2D eigenvalue weighted by atomic mass is 127. The average Bonchev–Trinajstić information content (AvgIpc) is 3.30. The van der Waals surface area contributed by atoms with Gasteiger partial charge >= 0.3 is 0 Å². The molecule has 26 heavy (non-hydrogen) atoms. The fourth-order valence-corrected chi connectivity index (χ4v) is 4.20. The second kappa shape index (κ2) is 10.8. The first-order chi connectivity index (χ1) is 12.2. The first-order valence-electron chi connectivity index (χ1n) is 9.30.